The molecule has 0 fully saturated rings. The molecule has 0 amide bonds. The van der Waals surface area contributed by atoms with Gasteiger partial charge < -0.3 is 4.57 Å². The van der Waals surface area contributed by atoms with E-state index in [4.69, 9.17) is 16.6 Å². The second-order valence-electron chi connectivity index (χ2n) is 6.38. The molecule has 0 unspecified atom stereocenters. The Hall–Kier alpha value is -2.06. The molecule has 0 spiro atoms. The van der Waals surface area contributed by atoms with Crippen LogP contribution in [0.1, 0.15) is 31.7 Å². The summed E-state index contributed by atoms with van der Waals surface area (Å²) in [5, 5.41) is 3.03. The number of pyridine rings is 1. The summed E-state index contributed by atoms with van der Waals surface area (Å²) >= 11 is 6.26. The van der Waals surface area contributed by atoms with Crippen molar-refractivity contribution in [3.05, 3.63) is 76.7 Å². The fraction of sp³-hybridized carbons (Fsp3) is 0.318. The Morgan fingerprint density at radius 3 is 2.64 bits per heavy atom. The number of aromatic nitrogens is 1. The first-order valence-electron chi connectivity index (χ1n) is 9.11. The van der Waals surface area contributed by atoms with Gasteiger partial charge in [-0.1, -0.05) is 55.3 Å². The highest BCUT2D eigenvalue weighted by Gasteiger charge is 2.03. The van der Waals surface area contributed by atoms with Crippen LogP contribution in [0.15, 0.2) is 65.8 Å². The zero-order valence-corrected chi connectivity index (χ0v) is 15.5. The fourth-order valence-corrected chi connectivity index (χ4v) is 3.24. The van der Waals surface area contributed by atoms with Crippen molar-refractivity contribution in [1.29, 1.82) is 0 Å². The molecule has 0 aliphatic carbocycles. The van der Waals surface area contributed by atoms with Crippen molar-refractivity contribution in [2.45, 2.75) is 39.2 Å². The molecule has 2 nitrogen and oxygen atoms in total. The van der Waals surface area contributed by atoms with Gasteiger partial charge in [-0.15, -0.1) is 0 Å². The van der Waals surface area contributed by atoms with Gasteiger partial charge in [-0.3, -0.25) is 4.99 Å². The average Bonchev–Trinajstić information content (AvgIpc) is 2.64. The standard InChI is InChI=1S/C22H25ClN2/c1-2-3-14-24-21-13-16-25(22-17-19(23)11-12-20(21)22)15-7-10-18-8-5-4-6-9-18/h4-6,8-9,11-13,16-17H,2-3,7,10,14-15H2,1H3. The SMILES string of the molecule is CCCCN=c1ccn(CCCc2ccccc2)c2cc(Cl)ccc12. The largest absolute Gasteiger partial charge is 0.347 e. The van der Waals surface area contributed by atoms with Crippen LogP contribution in [0.2, 0.25) is 5.02 Å². The molecule has 0 aliphatic rings. The smallest absolute Gasteiger partial charge is 0.0682 e. The molecule has 1 aromatic heterocycles. The van der Waals surface area contributed by atoms with Crippen LogP contribution in [0.25, 0.3) is 10.9 Å². The van der Waals surface area contributed by atoms with E-state index in [0.717, 1.165) is 42.7 Å². The van der Waals surface area contributed by atoms with E-state index in [1.807, 2.05) is 6.07 Å². The summed E-state index contributed by atoms with van der Waals surface area (Å²) in [6, 6.07) is 18.9. The van der Waals surface area contributed by atoms with Crippen LogP contribution in [0.4, 0.5) is 0 Å². The number of benzene rings is 2. The Labute approximate surface area is 154 Å². The molecule has 2 aromatic carbocycles. The minimum atomic E-state index is 0.773. The first-order chi connectivity index (χ1) is 12.3. The summed E-state index contributed by atoms with van der Waals surface area (Å²) in [6.45, 7) is 4.05. The van der Waals surface area contributed by atoms with Gasteiger partial charge in [-0.05, 0) is 49.1 Å². The summed E-state index contributed by atoms with van der Waals surface area (Å²) in [5.74, 6) is 0. The van der Waals surface area contributed by atoms with E-state index in [-0.39, 0.29) is 0 Å². The van der Waals surface area contributed by atoms with Gasteiger partial charge in [0.25, 0.3) is 0 Å². The molecule has 0 N–H and O–H groups in total. The predicted octanol–water partition coefficient (Wildman–Crippen LogP) is 5.63. The highest BCUT2D eigenvalue weighted by atomic mass is 35.5. The minimum Gasteiger partial charge on any atom is -0.347 e. The van der Waals surface area contributed by atoms with Crippen LogP contribution < -0.4 is 5.36 Å². The summed E-state index contributed by atoms with van der Waals surface area (Å²) in [4.78, 5) is 4.77. The van der Waals surface area contributed by atoms with Crippen molar-refractivity contribution < 1.29 is 0 Å². The minimum absolute atomic E-state index is 0.773. The molecule has 3 rings (SSSR count). The van der Waals surface area contributed by atoms with Crippen molar-refractivity contribution >= 4 is 22.5 Å². The van der Waals surface area contributed by atoms with Gasteiger partial charge in [0.15, 0.2) is 0 Å². The van der Waals surface area contributed by atoms with Crippen LogP contribution in [-0.2, 0) is 13.0 Å². The van der Waals surface area contributed by atoms with Crippen molar-refractivity contribution in [3.8, 4) is 0 Å². The molecule has 0 radical (unpaired) electrons. The van der Waals surface area contributed by atoms with Gasteiger partial charge in [0, 0.05) is 29.7 Å². The van der Waals surface area contributed by atoms with Crippen LogP contribution in [0.5, 0.6) is 0 Å². The van der Waals surface area contributed by atoms with Crippen molar-refractivity contribution in [1.82, 2.24) is 4.57 Å². The normalized spacial score (nSPS) is 12.0. The zero-order chi connectivity index (χ0) is 17.5. The summed E-state index contributed by atoms with van der Waals surface area (Å²) < 4.78 is 2.29. The Bertz CT molecular complexity index is 881. The lowest BCUT2D eigenvalue weighted by Gasteiger charge is -2.12. The number of halogens is 1. The highest BCUT2D eigenvalue weighted by Crippen LogP contribution is 2.17. The van der Waals surface area contributed by atoms with Crippen molar-refractivity contribution in [2.24, 2.45) is 4.99 Å². The second-order valence-corrected chi connectivity index (χ2v) is 6.82. The van der Waals surface area contributed by atoms with Gasteiger partial charge in [0.05, 0.1) is 10.9 Å². The van der Waals surface area contributed by atoms with Crippen LogP contribution >= 0.6 is 11.6 Å². The molecule has 0 aliphatic heterocycles. The maximum Gasteiger partial charge on any atom is 0.0682 e. The van der Waals surface area contributed by atoms with E-state index < -0.39 is 0 Å². The van der Waals surface area contributed by atoms with E-state index in [0.29, 0.717) is 0 Å². The molecular formula is C22H25ClN2. The first kappa shape index (κ1) is 17.8. The topological polar surface area (TPSA) is 17.3 Å². The lowest BCUT2D eigenvalue weighted by atomic mass is 10.1. The number of fused-ring (bicyclic) bond motifs is 1. The lowest BCUT2D eigenvalue weighted by molar-refractivity contribution is 0.657. The molecule has 25 heavy (non-hydrogen) atoms. The van der Waals surface area contributed by atoms with Crippen LogP contribution in [0.3, 0.4) is 0 Å². The van der Waals surface area contributed by atoms with Crippen LogP contribution in [0, 0.1) is 0 Å². The van der Waals surface area contributed by atoms with E-state index in [2.05, 4.69) is 66.2 Å². The second kappa shape index (κ2) is 8.87. The third-order valence-corrected chi connectivity index (χ3v) is 4.69. The quantitative estimate of drug-likeness (QED) is 0.490. The summed E-state index contributed by atoms with van der Waals surface area (Å²) in [5.41, 5.74) is 2.55. The molecule has 0 atom stereocenters. The van der Waals surface area contributed by atoms with Crippen molar-refractivity contribution in [2.75, 3.05) is 6.54 Å². The highest BCUT2D eigenvalue weighted by molar-refractivity contribution is 6.31. The van der Waals surface area contributed by atoms with Crippen LogP contribution in [-0.4, -0.2) is 11.1 Å². The third kappa shape index (κ3) is 4.73. The number of hydrogen-bond donors (Lipinski definition) is 0. The predicted molar refractivity (Wildman–Crippen MR) is 107 cm³/mol. The molecule has 0 bridgehead atoms. The van der Waals surface area contributed by atoms with E-state index >= 15 is 0 Å². The summed E-state index contributed by atoms with van der Waals surface area (Å²) in [7, 11) is 0. The average molecular weight is 353 g/mol. The van der Waals surface area contributed by atoms with E-state index in [1.54, 1.807) is 0 Å². The molecule has 3 aromatic rings. The number of hydrogen-bond acceptors (Lipinski definition) is 1. The zero-order valence-electron chi connectivity index (χ0n) is 14.8. The molecule has 3 heteroatoms. The third-order valence-electron chi connectivity index (χ3n) is 4.46. The number of aryl methyl sites for hydroxylation is 2. The first-order valence-corrected chi connectivity index (χ1v) is 9.49. The van der Waals surface area contributed by atoms with Crippen molar-refractivity contribution in [3.63, 3.8) is 0 Å². The summed E-state index contributed by atoms with van der Waals surface area (Å²) in [6.07, 6.45) is 6.62. The van der Waals surface area contributed by atoms with Gasteiger partial charge in [-0.25, -0.2) is 0 Å². The molecule has 130 valence electrons. The lowest BCUT2D eigenvalue weighted by Crippen LogP contribution is -2.11. The number of unbranched alkanes of at least 4 members (excludes halogenated alkanes) is 1. The van der Waals surface area contributed by atoms with Gasteiger partial charge in [0.2, 0.25) is 0 Å². The van der Waals surface area contributed by atoms with Gasteiger partial charge in [-0.2, -0.15) is 0 Å². The van der Waals surface area contributed by atoms with E-state index in [1.165, 1.54) is 22.9 Å². The Kier molecular flexibility index (Phi) is 6.30. The Morgan fingerprint density at radius 2 is 1.84 bits per heavy atom. The van der Waals surface area contributed by atoms with Gasteiger partial charge in [0.1, 0.15) is 0 Å². The molecular weight excluding hydrogens is 328 g/mol. The fourth-order valence-electron chi connectivity index (χ4n) is 3.08. The maximum atomic E-state index is 6.26. The van der Waals surface area contributed by atoms with E-state index in [9.17, 15) is 0 Å². The Balaban J connectivity index is 1.84. The molecule has 1 heterocycles. The Morgan fingerprint density at radius 1 is 1.00 bits per heavy atom. The monoisotopic (exact) mass is 352 g/mol. The number of nitrogens with zero attached hydrogens (tertiary/aromatic N) is 2. The van der Waals surface area contributed by atoms with Gasteiger partial charge >= 0.3 is 0 Å². The maximum absolute atomic E-state index is 6.26. The molecule has 0 saturated heterocycles. The molecule has 0 saturated carbocycles. The number of rotatable bonds is 7.